The predicted molar refractivity (Wildman–Crippen MR) is 58.8 cm³/mol. The number of rotatable bonds is 7. The molecule has 0 bridgehead atoms. The molecular weight excluding hydrogens is 246 g/mol. The Labute approximate surface area is 102 Å². The lowest BCUT2D eigenvalue weighted by Gasteiger charge is -2.11. The number of ether oxygens (including phenoxy) is 1. The molecule has 0 aliphatic heterocycles. The average Bonchev–Trinajstić information content (AvgIpc) is 2.28. The highest BCUT2D eigenvalue weighted by Crippen LogP contribution is 2.23. The van der Waals surface area contributed by atoms with E-state index in [1.54, 1.807) is 6.07 Å². The summed E-state index contributed by atoms with van der Waals surface area (Å²) in [6.07, 6.45) is 0.998. The van der Waals surface area contributed by atoms with Crippen LogP contribution in [0.1, 0.15) is 17.5 Å². The summed E-state index contributed by atoms with van der Waals surface area (Å²) in [5, 5.41) is 8.65. The van der Waals surface area contributed by atoms with Crippen LogP contribution in [0.2, 0.25) is 0 Å². The number of carboxylic acid groups (broad SMARTS) is 1. The number of hydrogen-bond donors (Lipinski definition) is 1. The van der Waals surface area contributed by atoms with Gasteiger partial charge >= 0.3 is 12.6 Å². The maximum absolute atomic E-state index is 12.2. The third-order valence-electron chi connectivity index (χ3n) is 2.24. The van der Waals surface area contributed by atoms with E-state index in [1.165, 1.54) is 12.1 Å². The largest absolute Gasteiger partial charge is 0.481 e. The summed E-state index contributed by atoms with van der Waals surface area (Å²) in [5.41, 5.74) is 0.824. The maximum atomic E-state index is 12.2. The van der Waals surface area contributed by atoms with Crippen molar-refractivity contribution >= 4 is 12.3 Å². The van der Waals surface area contributed by atoms with Crippen LogP contribution in [0.15, 0.2) is 18.2 Å². The molecule has 6 heteroatoms. The van der Waals surface area contributed by atoms with E-state index in [0.29, 0.717) is 12.0 Å². The molecule has 4 nitrogen and oxygen atoms in total. The van der Waals surface area contributed by atoms with E-state index < -0.39 is 19.0 Å². The summed E-state index contributed by atoms with van der Waals surface area (Å²) >= 11 is 0. The molecule has 0 aromatic heterocycles. The first-order valence-corrected chi connectivity index (χ1v) is 5.25. The van der Waals surface area contributed by atoms with Crippen LogP contribution in [0.3, 0.4) is 0 Å². The second kappa shape index (κ2) is 6.68. The first-order chi connectivity index (χ1) is 8.52. The zero-order chi connectivity index (χ0) is 13.5. The van der Waals surface area contributed by atoms with E-state index in [4.69, 9.17) is 5.11 Å². The van der Waals surface area contributed by atoms with Gasteiger partial charge in [-0.1, -0.05) is 12.1 Å². The van der Waals surface area contributed by atoms with E-state index in [0.717, 1.165) is 6.29 Å². The van der Waals surface area contributed by atoms with Gasteiger partial charge in [0.15, 0.2) is 0 Å². The normalized spacial score (nSPS) is 10.4. The first kappa shape index (κ1) is 14.1. The molecule has 1 aromatic carbocycles. The van der Waals surface area contributed by atoms with Crippen LogP contribution in [-0.4, -0.2) is 24.0 Å². The van der Waals surface area contributed by atoms with Gasteiger partial charge in [-0.2, -0.15) is 8.78 Å². The fourth-order valence-electron chi connectivity index (χ4n) is 1.49. The van der Waals surface area contributed by atoms with Crippen molar-refractivity contribution in [2.45, 2.75) is 25.9 Å². The van der Waals surface area contributed by atoms with Gasteiger partial charge in [0.05, 0.1) is 6.42 Å². The fraction of sp³-hybridized carbons (Fsp3) is 0.333. The monoisotopic (exact) mass is 258 g/mol. The summed E-state index contributed by atoms with van der Waals surface area (Å²) < 4.78 is 28.7. The minimum Gasteiger partial charge on any atom is -0.481 e. The number of carboxylic acids is 1. The smallest absolute Gasteiger partial charge is 0.387 e. The molecule has 98 valence electrons. The van der Waals surface area contributed by atoms with Crippen LogP contribution in [-0.2, 0) is 22.4 Å². The predicted octanol–water partition coefficient (Wildman–Crippen LogP) is 2.05. The van der Waals surface area contributed by atoms with Crippen molar-refractivity contribution in [3.8, 4) is 5.75 Å². The molecule has 0 spiro atoms. The van der Waals surface area contributed by atoms with Gasteiger partial charge in [0.25, 0.3) is 0 Å². The Bertz CT molecular complexity index is 432. The number of carbonyl (C=O) groups excluding carboxylic acids is 1. The van der Waals surface area contributed by atoms with E-state index in [1.807, 2.05) is 0 Å². The molecule has 0 atom stereocenters. The van der Waals surface area contributed by atoms with Crippen molar-refractivity contribution in [2.75, 3.05) is 0 Å². The molecule has 0 aliphatic carbocycles. The lowest BCUT2D eigenvalue weighted by molar-refractivity contribution is -0.136. The molecule has 18 heavy (non-hydrogen) atoms. The number of alkyl halides is 2. The number of carbonyl (C=O) groups is 2. The quantitative estimate of drug-likeness (QED) is 0.760. The molecule has 0 heterocycles. The summed E-state index contributed by atoms with van der Waals surface area (Å²) in [7, 11) is 0. The van der Waals surface area contributed by atoms with Crippen molar-refractivity contribution in [1.82, 2.24) is 0 Å². The van der Waals surface area contributed by atoms with Crippen LogP contribution in [0.5, 0.6) is 5.75 Å². The topological polar surface area (TPSA) is 63.6 Å². The van der Waals surface area contributed by atoms with E-state index in [9.17, 15) is 18.4 Å². The zero-order valence-electron chi connectivity index (χ0n) is 9.44. The van der Waals surface area contributed by atoms with Crippen molar-refractivity contribution in [1.29, 1.82) is 0 Å². The van der Waals surface area contributed by atoms with Gasteiger partial charge in [-0.25, -0.2) is 0 Å². The second-order valence-corrected chi connectivity index (χ2v) is 3.60. The van der Waals surface area contributed by atoms with Gasteiger partial charge in [-0.3, -0.25) is 4.79 Å². The average molecular weight is 258 g/mol. The van der Waals surface area contributed by atoms with Crippen LogP contribution >= 0.6 is 0 Å². The Kier molecular flexibility index (Phi) is 5.23. The Morgan fingerprint density at radius 3 is 2.72 bits per heavy atom. The lowest BCUT2D eigenvalue weighted by Crippen LogP contribution is -2.08. The van der Waals surface area contributed by atoms with Crippen molar-refractivity contribution in [3.63, 3.8) is 0 Å². The lowest BCUT2D eigenvalue weighted by atomic mass is 10.0. The summed E-state index contributed by atoms with van der Waals surface area (Å²) in [6, 6.07) is 4.36. The summed E-state index contributed by atoms with van der Waals surface area (Å²) in [5.74, 6) is -1.29. The van der Waals surface area contributed by atoms with Crippen LogP contribution in [0, 0.1) is 0 Å². The molecule has 1 N–H and O–H groups in total. The number of aryl methyl sites for hydroxylation is 1. The Morgan fingerprint density at radius 2 is 2.17 bits per heavy atom. The fourth-order valence-corrected chi connectivity index (χ4v) is 1.49. The van der Waals surface area contributed by atoms with Crippen LogP contribution in [0.4, 0.5) is 8.78 Å². The number of aldehydes is 1. The highest BCUT2D eigenvalue weighted by Gasteiger charge is 2.13. The van der Waals surface area contributed by atoms with Gasteiger partial charge in [-0.15, -0.1) is 0 Å². The van der Waals surface area contributed by atoms with Gasteiger partial charge in [-0.05, 0) is 18.1 Å². The maximum Gasteiger partial charge on any atom is 0.387 e. The number of aliphatic carboxylic acids is 1. The Hall–Kier alpha value is -1.98. The third-order valence-corrected chi connectivity index (χ3v) is 2.24. The van der Waals surface area contributed by atoms with Crippen molar-refractivity contribution in [3.05, 3.63) is 29.3 Å². The molecule has 0 saturated heterocycles. The number of benzene rings is 1. The molecule has 1 aromatic rings. The molecule has 1 rings (SSSR count). The zero-order valence-corrected chi connectivity index (χ0v) is 9.44. The molecular formula is C12H12F2O4. The van der Waals surface area contributed by atoms with E-state index >= 15 is 0 Å². The highest BCUT2D eigenvalue weighted by atomic mass is 19.3. The minimum atomic E-state index is -3.01. The Balaban J connectivity index is 2.95. The van der Waals surface area contributed by atoms with E-state index in [-0.39, 0.29) is 17.7 Å². The minimum absolute atomic E-state index is 0.157. The van der Waals surface area contributed by atoms with Crippen molar-refractivity contribution in [2.24, 2.45) is 0 Å². The van der Waals surface area contributed by atoms with Gasteiger partial charge in [0.2, 0.25) is 0 Å². The standard InChI is InChI=1S/C12H12F2O4/c13-12(14)18-10-6-8(2-1-5-15)3-4-9(10)7-11(16)17/h3-6,12H,1-2,7H2,(H,16,17). The summed E-state index contributed by atoms with van der Waals surface area (Å²) in [4.78, 5) is 20.8. The van der Waals surface area contributed by atoms with Gasteiger partial charge in [0.1, 0.15) is 12.0 Å². The highest BCUT2D eigenvalue weighted by molar-refractivity contribution is 5.71. The first-order valence-electron chi connectivity index (χ1n) is 5.25. The molecule has 0 radical (unpaired) electrons. The van der Waals surface area contributed by atoms with E-state index in [2.05, 4.69) is 4.74 Å². The number of hydrogen-bond acceptors (Lipinski definition) is 3. The Morgan fingerprint density at radius 1 is 1.44 bits per heavy atom. The molecule has 0 amide bonds. The molecule has 0 unspecified atom stereocenters. The summed E-state index contributed by atoms with van der Waals surface area (Å²) in [6.45, 7) is -3.01. The van der Waals surface area contributed by atoms with Gasteiger partial charge < -0.3 is 14.6 Å². The van der Waals surface area contributed by atoms with Crippen LogP contribution < -0.4 is 4.74 Å². The molecule has 0 fully saturated rings. The number of halogens is 2. The third kappa shape index (κ3) is 4.48. The molecule has 0 aliphatic rings. The molecule has 0 saturated carbocycles. The van der Waals surface area contributed by atoms with Crippen LogP contribution in [0.25, 0.3) is 0 Å². The SMILES string of the molecule is O=CCCc1ccc(CC(=O)O)c(OC(F)F)c1. The second-order valence-electron chi connectivity index (χ2n) is 3.60. The van der Waals surface area contributed by atoms with Gasteiger partial charge in [0, 0.05) is 12.0 Å². The van der Waals surface area contributed by atoms with Crippen molar-refractivity contribution < 1.29 is 28.2 Å².